The van der Waals surface area contributed by atoms with Crippen LogP contribution in [0.25, 0.3) is 0 Å². The molecule has 0 aliphatic carbocycles. The number of nitrogens with one attached hydrogen (secondary N) is 1. The number of hydrogen-bond donors (Lipinski definition) is 1. The molecule has 1 amide bonds. The predicted molar refractivity (Wildman–Crippen MR) is 83.4 cm³/mol. The molecule has 1 aliphatic rings. The number of anilines is 2. The lowest BCUT2D eigenvalue weighted by Crippen LogP contribution is -2.41. The van der Waals surface area contributed by atoms with Crippen LogP contribution in [-0.2, 0) is 4.74 Å². The molecule has 2 heterocycles. The minimum atomic E-state index is -0.505. The summed E-state index contributed by atoms with van der Waals surface area (Å²) in [4.78, 5) is 22.3. The van der Waals surface area contributed by atoms with Crippen molar-refractivity contribution in [2.75, 3.05) is 31.6 Å². The first-order valence-corrected chi connectivity index (χ1v) is 7.43. The first-order chi connectivity index (χ1) is 11.1. The number of carbonyl (C=O) groups excluding carboxylic acids is 1. The third-order valence-electron chi connectivity index (χ3n) is 3.35. The van der Waals surface area contributed by atoms with Crippen LogP contribution < -0.4 is 5.32 Å². The zero-order valence-electron chi connectivity index (χ0n) is 12.1. The third-order valence-corrected chi connectivity index (χ3v) is 3.64. The summed E-state index contributed by atoms with van der Waals surface area (Å²) < 4.78 is 18.4. The molecule has 1 saturated heterocycles. The van der Waals surface area contributed by atoms with E-state index in [4.69, 9.17) is 16.3 Å². The van der Waals surface area contributed by atoms with E-state index in [-0.39, 0.29) is 22.6 Å². The van der Waals surface area contributed by atoms with Gasteiger partial charge in [-0.15, -0.1) is 0 Å². The maximum absolute atomic E-state index is 13.2. The summed E-state index contributed by atoms with van der Waals surface area (Å²) in [5.74, 6) is -0.433. The van der Waals surface area contributed by atoms with E-state index in [1.54, 1.807) is 11.0 Å². The topological polar surface area (TPSA) is 67.4 Å². The van der Waals surface area contributed by atoms with Crippen LogP contribution in [0.2, 0.25) is 5.02 Å². The molecule has 2 aromatic rings. The smallest absolute Gasteiger partial charge is 0.272 e. The normalized spacial score (nSPS) is 14.6. The van der Waals surface area contributed by atoms with Crippen molar-refractivity contribution in [3.63, 3.8) is 0 Å². The lowest BCUT2D eigenvalue weighted by Gasteiger charge is -2.26. The number of morpholine rings is 1. The van der Waals surface area contributed by atoms with E-state index in [2.05, 4.69) is 15.3 Å². The van der Waals surface area contributed by atoms with E-state index in [0.717, 1.165) is 0 Å². The van der Waals surface area contributed by atoms with E-state index < -0.39 is 5.82 Å². The van der Waals surface area contributed by atoms with Gasteiger partial charge in [0.15, 0.2) is 0 Å². The van der Waals surface area contributed by atoms with Gasteiger partial charge in [0, 0.05) is 25.0 Å². The second-order valence-corrected chi connectivity index (χ2v) is 5.33. The van der Waals surface area contributed by atoms with Gasteiger partial charge in [0.25, 0.3) is 5.91 Å². The molecule has 3 rings (SSSR count). The van der Waals surface area contributed by atoms with Crippen LogP contribution in [0.1, 0.15) is 10.5 Å². The Morgan fingerprint density at radius 1 is 1.30 bits per heavy atom. The molecular formula is C15H14ClFN4O2. The van der Waals surface area contributed by atoms with Crippen LogP contribution in [0.5, 0.6) is 0 Å². The Bertz CT molecular complexity index is 722. The lowest BCUT2D eigenvalue weighted by atomic mass is 10.3. The SMILES string of the molecule is O=C(c1ccnc(Nc2ccc(F)c(Cl)c2)n1)N1CCOCC1. The molecule has 0 saturated carbocycles. The van der Waals surface area contributed by atoms with Gasteiger partial charge in [-0.05, 0) is 24.3 Å². The summed E-state index contributed by atoms with van der Waals surface area (Å²) in [6.45, 7) is 2.13. The van der Waals surface area contributed by atoms with Crippen molar-refractivity contribution in [3.8, 4) is 0 Å². The molecule has 0 bridgehead atoms. The average molecular weight is 337 g/mol. The predicted octanol–water partition coefficient (Wildman–Crippen LogP) is 2.49. The first-order valence-electron chi connectivity index (χ1n) is 7.05. The highest BCUT2D eigenvalue weighted by Crippen LogP contribution is 2.21. The molecule has 8 heteroatoms. The molecule has 0 spiro atoms. The van der Waals surface area contributed by atoms with Gasteiger partial charge in [0.05, 0.1) is 18.2 Å². The van der Waals surface area contributed by atoms with Crippen LogP contribution in [0.15, 0.2) is 30.5 Å². The minimum Gasteiger partial charge on any atom is -0.378 e. The van der Waals surface area contributed by atoms with Crippen molar-refractivity contribution in [2.45, 2.75) is 0 Å². The molecule has 1 aromatic carbocycles. The molecule has 0 radical (unpaired) electrons. The first kappa shape index (κ1) is 15.6. The summed E-state index contributed by atoms with van der Waals surface area (Å²) in [6, 6.07) is 5.74. The fraction of sp³-hybridized carbons (Fsp3) is 0.267. The zero-order chi connectivity index (χ0) is 16.2. The zero-order valence-corrected chi connectivity index (χ0v) is 12.9. The summed E-state index contributed by atoms with van der Waals surface area (Å²) in [7, 11) is 0. The molecule has 0 unspecified atom stereocenters. The molecule has 1 aromatic heterocycles. The van der Waals surface area contributed by atoms with E-state index >= 15 is 0 Å². The maximum Gasteiger partial charge on any atom is 0.272 e. The Hall–Kier alpha value is -2.25. The number of benzene rings is 1. The van der Waals surface area contributed by atoms with Gasteiger partial charge in [-0.2, -0.15) is 0 Å². The number of aromatic nitrogens is 2. The molecule has 6 nitrogen and oxygen atoms in total. The standard InChI is InChI=1S/C15H14ClFN4O2/c16-11-9-10(1-2-12(11)17)19-15-18-4-3-13(20-15)14(22)21-5-7-23-8-6-21/h1-4,9H,5-8H2,(H,18,19,20). The Morgan fingerprint density at radius 3 is 2.83 bits per heavy atom. The lowest BCUT2D eigenvalue weighted by molar-refractivity contribution is 0.0299. The Labute approximate surface area is 137 Å². The second kappa shape index (κ2) is 6.89. The van der Waals surface area contributed by atoms with Crippen molar-refractivity contribution in [3.05, 3.63) is 47.0 Å². The maximum atomic E-state index is 13.2. The fourth-order valence-electron chi connectivity index (χ4n) is 2.17. The van der Waals surface area contributed by atoms with Gasteiger partial charge < -0.3 is 15.0 Å². The Kier molecular flexibility index (Phi) is 4.68. The van der Waals surface area contributed by atoms with Gasteiger partial charge in [0.1, 0.15) is 11.5 Å². The summed E-state index contributed by atoms with van der Waals surface area (Å²) in [5, 5.41) is 2.90. The number of carbonyl (C=O) groups is 1. The van der Waals surface area contributed by atoms with Crippen LogP contribution in [0.4, 0.5) is 16.0 Å². The molecule has 1 aliphatic heterocycles. The van der Waals surface area contributed by atoms with Crippen LogP contribution in [-0.4, -0.2) is 47.1 Å². The van der Waals surface area contributed by atoms with Crippen molar-refractivity contribution in [1.29, 1.82) is 0 Å². The number of halogens is 2. The van der Waals surface area contributed by atoms with E-state index in [1.165, 1.54) is 24.4 Å². The number of rotatable bonds is 3. The Morgan fingerprint density at radius 2 is 2.09 bits per heavy atom. The van der Waals surface area contributed by atoms with Gasteiger partial charge in [0.2, 0.25) is 5.95 Å². The van der Waals surface area contributed by atoms with Crippen molar-refractivity contribution in [1.82, 2.24) is 14.9 Å². The molecule has 120 valence electrons. The van der Waals surface area contributed by atoms with Gasteiger partial charge >= 0.3 is 0 Å². The molecule has 0 atom stereocenters. The number of ether oxygens (including phenoxy) is 1. The van der Waals surface area contributed by atoms with Crippen LogP contribution in [0.3, 0.4) is 0 Å². The molecule has 23 heavy (non-hydrogen) atoms. The van der Waals surface area contributed by atoms with Gasteiger partial charge in [-0.3, -0.25) is 4.79 Å². The Balaban J connectivity index is 1.76. The highest BCUT2D eigenvalue weighted by Gasteiger charge is 2.20. The summed E-state index contributed by atoms with van der Waals surface area (Å²) >= 11 is 5.73. The largest absolute Gasteiger partial charge is 0.378 e. The summed E-state index contributed by atoms with van der Waals surface area (Å²) in [6.07, 6.45) is 1.49. The van der Waals surface area contributed by atoms with Gasteiger partial charge in [-0.1, -0.05) is 11.6 Å². The molecule has 1 fully saturated rings. The van der Waals surface area contributed by atoms with Crippen molar-refractivity contribution in [2.24, 2.45) is 0 Å². The van der Waals surface area contributed by atoms with Gasteiger partial charge in [-0.25, -0.2) is 14.4 Å². The highest BCUT2D eigenvalue weighted by molar-refractivity contribution is 6.31. The third kappa shape index (κ3) is 3.75. The second-order valence-electron chi connectivity index (χ2n) is 4.92. The molecular weight excluding hydrogens is 323 g/mol. The summed E-state index contributed by atoms with van der Waals surface area (Å²) in [5.41, 5.74) is 0.824. The fourth-order valence-corrected chi connectivity index (χ4v) is 2.35. The number of nitrogens with zero attached hydrogens (tertiary/aromatic N) is 3. The van der Waals surface area contributed by atoms with Crippen LogP contribution >= 0.6 is 11.6 Å². The van der Waals surface area contributed by atoms with Crippen molar-refractivity contribution >= 4 is 29.1 Å². The average Bonchev–Trinajstić information content (AvgIpc) is 2.58. The quantitative estimate of drug-likeness (QED) is 0.932. The molecule has 1 N–H and O–H groups in total. The minimum absolute atomic E-state index is 0.00412. The van der Waals surface area contributed by atoms with Crippen molar-refractivity contribution < 1.29 is 13.9 Å². The monoisotopic (exact) mass is 336 g/mol. The van der Waals surface area contributed by atoms with E-state index in [1.807, 2.05) is 0 Å². The number of amides is 1. The van der Waals surface area contributed by atoms with Crippen LogP contribution in [0, 0.1) is 5.82 Å². The highest BCUT2D eigenvalue weighted by atomic mass is 35.5. The van der Waals surface area contributed by atoms with E-state index in [9.17, 15) is 9.18 Å². The number of hydrogen-bond acceptors (Lipinski definition) is 5. The van der Waals surface area contributed by atoms with E-state index in [0.29, 0.717) is 32.0 Å².